The Hall–Kier alpha value is -1.81. The van der Waals surface area contributed by atoms with E-state index in [9.17, 15) is 4.79 Å². The molecule has 0 aliphatic carbocycles. The maximum Gasteiger partial charge on any atom is 0.414 e. The molecule has 0 N–H and O–H groups in total. The van der Waals surface area contributed by atoms with Crippen molar-refractivity contribution < 1.29 is 9.53 Å². The molecule has 102 valence electrons. The van der Waals surface area contributed by atoms with Crippen LogP contribution in [0.3, 0.4) is 0 Å². The lowest BCUT2D eigenvalue weighted by Crippen LogP contribution is -2.29. The molecule has 0 spiro atoms. The molecule has 2 aromatic rings. The number of hydrogen-bond acceptors (Lipinski definition) is 2. The topological polar surface area (TPSA) is 29.5 Å². The van der Waals surface area contributed by atoms with Crippen molar-refractivity contribution in [2.75, 3.05) is 11.4 Å². The summed E-state index contributed by atoms with van der Waals surface area (Å²) in [4.78, 5) is 13.9. The predicted octanol–water partition coefficient (Wildman–Crippen LogP) is 4.15. The van der Waals surface area contributed by atoms with E-state index in [4.69, 9.17) is 4.74 Å². The molecule has 20 heavy (non-hydrogen) atoms. The molecule has 0 atom stereocenters. The SMILES string of the molecule is O=C(OCc1ccccc1)N1CCc2cc(Br)ccc21. The molecular formula is C16H14BrNO2. The second-order valence-corrected chi connectivity index (χ2v) is 5.63. The maximum atomic E-state index is 12.2. The second kappa shape index (κ2) is 5.67. The molecule has 0 fully saturated rings. The number of hydrogen-bond donors (Lipinski definition) is 0. The average Bonchev–Trinajstić information content (AvgIpc) is 2.89. The van der Waals surface area contributed by atoms with Gasteiger partial charge in [0, 0.05) is 11.0 Å². The fourth-order valence-electron chi connectivity index (χ4n) is 2.36. The van der Waals surface area contributed by atoms with Crippen LogP contribution >= 0.6 is 15.9 Å². The first-order valence-electron chi connectivity index (χ1n) is 6.51. The number of carbonyl (C=O) groups is 1. The summed E-state index contributed by atoms with van der Waals surface area (Å²) < 4.78 is 6.41. The Morgan fingerprint density at radius 3 is 2.80 bits per heavy atom. The summed E-state index contributed by atoms with van der Waals surface area (Å²) in [6, 6.07) is 15.7. The molecule has 3 nitrogen and oxygen atoms in total. The van der Waals surface area contributed by atoms with Gasteiger partial charge in [-0.05, 0) is 35.7 Å². The van der Waals surface area contributed by atoms with Crippen molar-refractivity contribution in [3.63, 3.8) is 0 Å². The van der Waals surface area contributed by atoms with E-state index in [1.807, 2.05) is 42.5 Å². The minimum atomic E-state index is -0.282. The van der Waals surface area contributed by atoms with Gasteiger partial charge in [-0.1, -0.05) is 46.3 Å². The largest absolute Gasteiger partial charge is 0.444 e. The number of anilines is 1. The Labute approximate surface area is 126 Å². The van der Waals surface area contributed by atoms with Crippen LogP contribution in [0.1, 0.15) is 11.1 Å². The van der Waals surface area contributed by atoms with Gasteiger partial charge >= 0.3 is 6.09 Å². The number of fused-ring (bicyclic) bond motifs is 1. The molecule has 1 heterocycles. The summed E-state index contributed by atoms with van der Waals surface area (Å²) in [6.07, 6.45) is 0.588. The van der Waals surface area contributed by atoms with Gasteiger partial charge in [-0.2, -0.15) is 0 Å². The minimum absolute atomic E-state index is 0.282. The van der Waals surface area contributed by atoms with Gasteiger partial charge in [0.25, 0.3) is 0 Å². The molecule has 1 aliphatic rings. The number of rotatable bonds is 2. The van der Waals surface area contributed by atoms with Gasteiger partial charge in [0.15, 0.2) is 0 Å². The molecule has 2 aromatic carbocycles. The van der Waals surface area contributed by atoms with Crippen molar-refractivity contribution in [1.82, 2.24) is 0 Å². The third kappa shape index (κ3) is 2.70. The highest BCUT2D eigenvalue weighted by Crippen LogP contribution is 2.31. The molecule has 1 aliphatic heterocycles. The van der Waals surface area contributed by atoms with Crippen LogP contribution in [0.4, 0.5) is 10.5 Å². The van der Waals surface area contributed by atoms with Crippen molar-refractivity contribution >= 4 is 27.7 Å². The van der Waals surface area contributed by atoms with E-state index in [0.717, 1.165) is 22.1 Å². The molecule has 4 heteroatoms. The van der Waals surface area contributed by atoms with E-state index in [1.54, 1.807) is 4.90 Å². The summed E-state index contributed by atoms with van der Waals surface area (Å²) in [5.41, 5.74) is 3.12. The molecule has 3 rings (SSSR count). The minimum Gasteiger partial charge on any atom is -0.444 e. The number of halogens is 1. The van der Waals surface area contributed by atoms with Crippen LogP contribution in [0.25, 0.3) is 0 Å². The molecular weight excluding hydrogens is 318 g/mol. The standard InChI is InChI=1S/C16H14BrNO2/c17-14-6-7-15-13(10-14)8-9-18(15)16(19)20-11-12-4-2-1-3-5-12/h1-7,10H,8-9,11H2. The van der Waals surface area contributed by atoms with E-state index < -0.39 is 0 Å². The predicted molar refractivity (Wildman–Crippen MR) is 81.8 cm³/mol. The molecule has 0 bridgehead atoms. The van der Waals surface area contributed by atoms with Gasteiger partial charge in [0.05, 0.1) is 5.69 Å². The third-order valence-corrected chi connectivity index (χ3v) is 3.86. The summed E-state index contributed by atoms with van der Waals surface area (Å²) in [5.74, 6) is 0. The first-order chi connectivity index (χ1) is 9.74. The zero-order chi connectivity index (χ0) is 13.9. The van der Waals surface area contributed by atoms with Gasteiger partial charge in [0.1, 0.15) is 6.61 Å². The van der Waals surface area contributed by atoms with E-state index in [0.29, 0.717) is 13.2 Å². The Bertz CT molecular complexity index is 628. The number of benzene rings is 2. The normalized spacial score (nSPS) is 13.2. The van der Waals surface area contributed by atoms with Crippen molar-refractivity contribution in [2.24, 2.45) is 0 Å². The van der Waals surface area contributed by atoms with Crippen molar-refractivity contribution in [3.8, 4) is 0 Å². The first kappa shape index (κ1) is 13.2. The highest BCUT2D eigenvalue weighted by Gasteiger charge is 2.25. The van der Waals surface area contributed by atoms with E-state index in [-0.39, 0.29) is 6.09 Å². The highest BCUT2D eigenvalue weighted by molar-refractivity contribution is 9.10. The molecule has 0 radical (unpaired) electrons. The third-order valence-electron chi connectivity index (χ3n) is 3.36. The van der Waals surface area contributed by atoms with Crippen LogP contribution in [-0.4, -0.2) is 12.6 Å². The van der Waals surface area contributed by atoms with Gasteiger partial charge in [-0.3, -0.25) is 4.90 Å². The lowest BCUT2D eigenvalue weighted by atomic mass is 10.2. The Balaban J connectivity index is 1.68. The van der Waals surface area contributed by atoms with Gasteiger partial charge in [-0.25, -0.2) is 4.79 Å². The Morgan fingerprint density at radius 2 is 2.00 bits per heavy atom. The summed E-state index contributed by atoms with van der Waals surface area (Å²) in [7, 11) is 0. The fourth-order valence-corrected chi connectivity index (χ4v) is 2.77. The van der Waals surface area contributed by atoms with Crippen LogP contribution in [0, 0.1) is 0 Å². The summed E-state index contributed by atoms with van der Waals surface area (Å²) in [5, 5.41) is 0. The lowest BCUT2D eigenvalue weighted by molar-refractivity contribution is 0.147. The first-order valence-corrected chi connectivity index (χ1v) is 7.30. The highest BCUT2D eigenvalue weighted by atomic mass is 79.9. The van der Waals surface area contributed by atoms with Gasteiger partial charge < -0.3 is 4.74 Å². The molecule has 0 saturated carbocycles. The molecule has 1 amide bonds. The van der Waals surface area contributed by atoms with Crippen LogP contribution < -0.4 is 4.90 Å². The number of carbonyl (C=O) groups excluding carboxylic acids is 1. The van der Waals surface area contributed by atoms with E-state index in [1.165, 1.54) is 5.56 Å². The smallest absolute Gasteiger partial charge is 0.414 e. The molecule has 0 aromatic heterocycles. The molecule has 0 saturated heterocycles. The van der Waals surface area contributed by atoms with Crippen LogP contribution in [-0.2, 0) is 17.8 Å². The zero-order valence-corrected chi connectivity index (χ0v) is 12.5. The van der Waals surface area contributed by atoms with Crippen LogP contribution in [0.5, 0.6) is 0 Å². The second-order valence-electron chi connectivity index (χ2n) is 4.71. The zero-order valence-electron chi connectivity index (χ0n) is 10.9. The quantitative estimate of drug-likeness (QED) is 0.827. The van der Waals surface area contributed by atoms with E-state index >= 15 is 0 Å². The van der Waals surface area contributed by atoms with Crippen molar-refractivity contribution in [1.29, 1.82) is 0 Å². The average molecular weight is 332 g/mol. The molecule has 0 unspecified atom stereocenters. The number of ether oxygens (including phenoxy) is 1. The van der Waals surface area contributed by atoms with Crippen LogP contribution in [0.2, 0.25) is 0 Å². The Kier molecular flexibility index (Phi) is 3.74. The Morgan fingerprint density at radius 1 is 1.20 bits per heavy atom. The number of amides is 1. The monoisotopic (exact) mass is 331 g/mol. The summed E-state index contributed by atoms with van der Waals surface area (Å²) in [6.45, 7) is 0.988. The van der Waals surface area contributed by atoms with Crippen molar-refractivity contribution in [3.05, 3.63) is 64.1 Å². The van der Waals surface area contributed by atoms with Gasteiger partial charge in [-0.15, -0.1) is 0 Å². The fraction of sp³-hybridized carbons (Fsp3) is 0.188. The number of nitrogens with zero attached hydrogens (tertiary/aromatic N) is 1. The maximum absolute atomic E-state index is 12.2. The summed E-state index contributed by atoms with van der Waals surface area (Å²) >= 11 is 3.45. The van der Waals surface area contributed by atoms with Crippen molar-refractivity contribution in [2.45, 2.75) is 13.0 Å². The van der Waals surface area contributed by atoms with E-state index in [2.05, 4.69) is 22.0 Å². The lowest BCUT2D eigenvalue weighted by Gasteiger charge is -2.17. The van der Waals surface area contributed by atoms with Crippen LogP contribution in [0.15, 0.2) is 53.0 Å². The van der Waals surface area contributed by atoms with Gasteiger partial charge in [0.2, 0.25) is 0 Å².